The van der Waals surface area contributed by atoms with Gasteiger partial charge in [-0.1, -0.05) is 12.8 Å². The number of anilines is 1. The van der Waals surface area contributed by atoms with Crippen molar-refractivity contribution in [3.63, 3.8) is 0 Å². The van der Waals surface area contributed by atoms with Crippen molar-refractivity contribution in [1.29, 1.82) is 0 Å². The molecule has 2 rings (SSSR count). The zero-order valence-corrected chi connectivity index (χ0v) is 10.9. The van der Waals surface area contributed by atoms with Gasteiger partial charge in [0.15, 0.2) is 0 Å². The minimum absolute atomic E-state index is 0.592. The van der Waals surface area contributed by atoms with Crippen molar-refractivity contribution < 1.29 is 0 Å². The Kier molecular flexibility index (Phi) is 4.12. The summed E-state index contributed by atoms with van der Waals surface area (Å²) in [5.41, 5.74) is 5.68. The van der Waals surface area contributed by atoms with Crippen molar-refractivity contribution in [3.8, 4) is 0 Å². The molecule has 2 N–H and O–H groups in total. The Balaban J connectivity index is 2.21. The van der Waals surface area contributed by atoms with E-state index in [1.807, 2.05) is 0 Å². The second-order valence-electron chi connectivity index (χ2n) is 4.11. The van der Waals surface area contributed by atoms with Crippen molar-refractivity contribution in [1.82, 2.24) is 9.97 Å². The van der Waals surface area contributed by atoms with Gasteiger partial charge >= 0.3 is 0 Å². The van der Waals surface area contributed by atoms with E-state index < -0.39 is 0 Å². The predicted molar refractivity (Wildman–Crippen MR) is 68.4 cm³/mol. The van der Waals surface area contributed by atoms with Crippen molar-refractivity contribution >= 4 is 21.7 Å². The Morgan fingerprint density at radius 2 is 2.19 bits per heavy atom. The fourth-order valence-corrected chi connectivity index (χ4v) is 2.78. The number of aromatic nitrogens is 2. The maximum atomic E-state index is 5.68. The number of hydrogen-bond acceptors (Lipinski definition) is 4. The van der Waals surface area contributed by atoms with Gasteiger partial charge < -0.3 is 10.6 Å². The third-order valence-corrected chi connectivity index (χ3v) is 3.62. The molecule has 1 fully saturated rings. The molecule has 0 atom stereocenters. The molecule has 4 nitrogen and oxygen atoms in total. The maximum Gasteiger partial charge on any atom is 0.146 e. The van der Waals surface area contributed by atoms with Gasteiger partial charge in [-0.25, -0.2) is 9.97 Å². The summed E-state index contributed by atoms with van der Waals surface area (Å²) in [4.78, 5) is 10.7. The summed E-state index contributed by atoms with van der Waals surface area (Å²) < 4.78 is 0.954. The zero-order chi connectivity index (χ0) is 11.4. The molecule has 1 heterocycles. The molecule has 1 aliphatic carbocycles. The lowest BCUT2D eigenvalue weighted by Crippen LogP contribution is -2.38. The van der Waals surface area contributed by atoms with Crippen molar-refractivity contribution in [2.45, 2.75) is 31.7 Å². The molecule has 0 radical (unpaired) electrons. The van der Waals surface area contributed by atoms with Gasteiger partial charge in [0.25, 0.3) is 0 Å². The van der Waals surface area contributed by atoms with Crippen LogP contribution in [0.2, 0.25) is 0 Å². The number of nitrogens with zero attached hydrogens (tertiary/aromatic N) is 3. The number of halogens is 1. The first-order valence-corrected chi connectivity index (χ1v) is 6.54. The molecule has 0 unspecified atom stereocenters. The second-order valence-corrected chi connectivity index (χ2v) is 4.97. The highest BCUT2D eigenvalue weighted by atomic mass is 79.9. The fourth-order valence-electron chi connectivity index (χ4n) is 2.33. The van der Waals surface area contributed by atoms with Crippen LogP contribution in [0.1, 0.15) is 25.7 Å². The summed E-state index contributed by atoms with van der Waals surface area (Å²) in [6, 6.07) is 0.592. The first kappa shape index (κ1) is 11.8. The van der Waals surface area contributed by atoms with Crippen LogP contribution in [0.3, 0.4) is 0 Å². The topological polar surface area (TPSA) is 55.0 Å². The lowest BCUT2D eigenvalue weighted by atomic mass is 10.2. The molecular formula is C11H17BrN4. The highest BCUT2D eigenvalue weighted by Crippen LogP contribution is 2.30. The third kappa shape index (κ3) is 2.52. The summed E-state index contributed by atoms with van der Waals surface area (Å²) in [7, 11) is 0. The van der Waals surface area contributed by atoms with Crippen LogP contribution in [-0.4, -0.2) is 29.1 Å². The Labute approximate surface area is 104 Å². The van der Waals surface area contributed by atoms with Gasteiger partial charge in [0.1, 0.15) is 12.1 Å². The Morgan fingerprint density at radius 3 is 2.81 bits per heavy atom. The summed E-state index contributed by atoms with van der Waals surface area (Å²) in [5.74, 6) is 0.979. The van der Waals surface area contributed by atoms with E-state index in [1.54, 1.807) is 12.5 Å². The number of hydrogen-bond donors (Lipinski definition) is 1. The van der Waals surface area contributed by atoms with Gasteiger partial charge in [0.05, 0.1) is 4.47 Å². The Bertz CT molecular complexity index is 339. The number of rotatable bonds is 4. The van der Waals surface area contributed by atoms with E-state index in [1.165, 1.54) is 25.7 Å². The summed E-state index contributed by atoms with van der Waals surface area (Å²) in [5, 5.41) is 0. The minimum atomic E-state index is 0.592. The first-order chi connectivity index (χ1) is 7.83. The van der Waals surface area contributed by atoms with Gasteiger partial charge in [-0.2, -0.15) is 0 Å². The van der Waals surface area contributed by atoms with E-state index in [9.17, 15) is 0 Å². The van der Waals surface area contributed by atoms with Crippen LogP contribution in [0.4, 0.5) is 5.82 Å². The van der Waals surface area contributed by atoms with E-state index in [-0.39, 0.29) is 0 Å². The van der Waals surface area contributed by atoms with Crippen LogP contribution in [-0.2, 0) is 0 Å². The van der Waals surface area contributed by atoms with Crippen molar-refractivity contribution in [2.24, 2.45) is 5.73 Å². The lowest BCUT2D eigenvalue weighted by Gasteiger charge is -2.30. The van der Waals surface area contributed by atoms with Gasteiger partial charge in [-0.3, -0.25) is 0 Å². The molecule has 5 heteroatoms. The average Bonchev–Trinajstić information content (AvgIpc) is 2.80. The van der Waals surface area contributed by atoms with Gasteiger partial charge in [-0.05, 0) is 28.8 Å². The molecule has 1 aromatic heterocycles. The van der Waals surface area contributed by atoms with Crippen molar-refractivity contribution in [3.05, 3.63) is 17.0 Å². The Hall–Kier alpha value is -0.680. The van der Waals surface area contributed by atoms with E-state index in [4.69, 9.17) is 5.73 Å². The molecule has 1 aliphatic rings. The molecule has 16 heavy (non-hydrogen) atoms. The lowest BCUT2D eigenvalue weighted by molar-refractivity contribution is 0.600. The molecule has 0 saturated heterocycles. The maximum absolute atomic E-state index is 5.68. The normalized spacial score (nSPS) is 16.6. The van der Waals surface area contributed by atoms with E-state index >= 15 is 0 Å². The second kappa shape index (κ2) is 5.59. The molecule has 0 spiro atoms. The van der Waals surface area contributed by atoms with E-state index in [2.05, 4.69) is 30.8 Å². The van der Waals surface area contributed by atoms with Crippen LogP contribution < -0.4 is 10.6 Å². The van der Waals surface area contributed by atoms with Gasteiger partial charge in [0, 0.05) is 25.3 Å². The SMILES string of the molecule is NCCN(c1ncncc1Br)C1CCCC1. The van der Waals surface area contributed by atoms with Crippen LogP contribution in [0.15, 0.2) is 17.0 Å². The highest BCUT2D eigenvalue weighted by Gasteiger charge is 2.24. The molecule has 88 valence electrons. The van der Waals surface area contributed by atoms with E-state index in [0.29, 0.717) is 12.6 Å². The van der Waals surface area contributed by atoms with Gasteiger partial charge in [0.2, 0.25) is 0 Å². The third-order valence-electron chi connectivity index (χ3n) is 3.06. The highest BCUT2D eigenvalue weighted by molar-refractivity contribution is 9.10. The average molecular weight is 285 g/mol. The largest absolute Gasteiger partial charge is 0.351 e. The molecule has 0 amide bonds. The van der Waals surface area contributed by atoms with Crippen LogP contribution >= 0.6 is 15.9 Å². The fraction of sp³-hybridized carbons (Fsp3) is 0.636. The first-order valence-electron chi connectivity index (χ1n) is 5.75. The minimum Gasteiger partial charge on any atom is -0.351 e. The summed E-state index contributed by atoms with van der Waals surface area (Å²) in [6.07, 6.45) is 8.51. The molecule has 0 aromatic carbocycles. The standard InChI is InChI=1S/C11H17BrN4/c12-10-7-14-8-15-11(10)16(6-5-13)9-3-1-2-4-9/h7-9H,1-6,13H2. The van der Waals surface area contributed by atoms with Crippen LogP contribution in [0.5, 0.6) is 0 Å². The summed E-state index contributed by atoms with van der Waals surface area (Å²) >= 11 is 3.51. The molecule has 0 aliphatic heterocycles. The number of nitrogens with two attached hydrogens (primary N) is 1. The molecular weight excluding hydrogens is 268 g/mol. The summed E-state index contributed by atoms with van der Waals surface area (Å²) in [6.45, 7) is 1.52. The molecule has 1 aromatic rings. The van der Waals surface area contributed by atoms with Crippen LogP contribution in [0.25, 0.3) is 0 Å². The van der Waals surface area contributed by atoms with Crippen LogP contribution in [0, 0.1) is 0 Å². The zero-order valence-electron chi connectivity index (χ0n) is 9.27. The quantitative estimate of drug-likeness (QED) is 0.918. The predicted octanol–water partition coefficient (Wildman–Crippen LogP) is 1.95. The molecule has 1 saturated carbocycles. The van der Waals surface area contributed by atoms with Crippen molar-refractivity contribution in [2.75, 3.05) is 18.0 Å². The van der Waals surface area contributed by atoms with Gasteiger partial charge in [-0.15, -0.1) is 0 Å². The molecule has 0 bridgehead atoms. The Morgan fingerprint density at radius 1 is 1.44 bits per heavy atom. The van der Waals surface area contributed by atoms with E-state index in [0.717, 1.165) is 16.8 Å². The smallest absolute Gasteiger partial charge is 0.146 e. The monoisotopic (exact) mass is 284 g/mol.